The van der Waals surface area contributed by atoms with Gasteiger partial charge in [0.2, 0.25) is 5.91 Å². The molecule has 0 unspecified atom stereocenters. The highest BCUT2D eigenvalue weighted by Gasteiger charge is 2.14. The average molecular weight is 362 g/mol. The van der Waals surface area contributed by atoms with Gasteiger partial charge in [-0.15, -0.1) is 0 Å². The molecule has 2 rings (SSSR count). The molecule has 1 aromatic carbocycles. The summed E-state index contributed by atoms with van der Waals surface area (Å²) in [4.78, 5) is 40.6. The van der Waals surface area contributed by atoms with Crippen LogP contribution in [0.5, 0.6) is 0 Å². The van der Waals surface area contributed by atoms with Gasteiger partial charge in [-0.3, -0.25) is 19.5 Å². The number of thioether (sulfide) groups is 1. The third-order valence-corrected chi connectivity index (χ3v) is 4.69. The number of nitrogens with one attached hydrogen (secondary N) is 2. The fraction of sp³-hybridized carbons (Fsp3) is 0.412. The van der Waals surface area contributed by atoms with E-state index in [4.69, 9.17) is 0 Å². The Kier molecular flexibility index (Phi) is 6.58. The molecule has 0 aliphatic rings. The lowest BCUT2D eigenvalue weighted by Gasteiger charge is -2.13. The standard InChI is InChI=1S/C17H22N4O3S/c1-4-11(3)18-16(24)20-14(22)10-25-17-19-13-9-7-6-8-12(13)15(23)21(17)5-2/h6-9,11H,4-5,10H2,1-3H3,(H2,18,20,22,24)/t11-/m0/s1. The number of rotatable bonds is 6. The molecule has 0 aliphatic carbocycles. The van der Waals surface area contributed by atoms with Gasteiger partial charge in [0.25, 0.3) is 5.56 Å². The number of nitrogens with zero attached hydrogens (tertiary/aromatic N) is 2. The summed E-state index contributed by atoms with van der Waals surface area (Å²) in [7, 11) is 0. The maximum Gasteiger partial charge on any atom is 0.321 e. The quantitative estimate of drug-likeness (QED) is 0.607. The second-order valence-corrected chi connectivity index (χ2v) is 6.52. The first kappa shape index (κ1) is 19.0. The summed E-state index contributed by atoms with van der Waals surface area (Å²) < 4.78 is 1.53. The minimum Gasteiger partial charge on any atom is -0.335 e. The highest BCUT2D eigenvalue weighted by atomic mass is 32.2. The lowest BCUT2D eigenvalue weighted by atomic mass is 10.2. The maximum absolute atomic E-state index is 12.5. The minimum atomic E-state index is -0.515. The molecule has 1 aromatic heterocycles. The van der Waals surface area contributed by atoms with Crippen molar-refractivity contribution in [3.8, 4) is 0 Å². The molecule has 2 N–H and O–H groups in total. The number of urea groups is 1. The van der Waals surface area contributed by atoms with Crippen LogP contribution in [-0.2, 0) is 11.3 Å². The Balaban J connectivity index is 2.09. The molecular weight excluding hydrogens is 340 g/mol. The zero-order valence-electron chi connectivity index (χ0n) is 14.5. The first-order chi connectivity index (χ1) is 12.0. The molecular formula is C17H22N4O3S. The third kappa shape index (κ3) is 4.82. The number of amides is 3. The van der Waals surface area contributed by atoms with E-state index in [0.717, 1.165) is 18.2 Å². The van der Waals surface area contributed by atoms with E-state index in [2.05, 4.69) is 15.6 Å². The van der Waals surface area contributed by atoms with E-state index in [1.54, 1.807) is 18.2 Å². The van der Waals surface area contributed by atoms with Crippen molar-refractivity contribution in [2.75, 3.05) is 5.75 Å². The van der Waals surface area contributed by atoms with E-state index in [9.17, 15) is 14.4 Å². The summed E-state index contributed by atoms with van der Waals surface area (Å²) >= 11 is 1.14. The second kappa shape index (κ2) is 8.66. The van der Waals surface area contributed by atoms with Crippen molar-refractivity contribution in [2.24, 2.45) is 0 Å². The number of fused-ring (bicyclic) bond motifs is 1. The van der Waals surface area contributed by atoms with Gasteiger partial charge in [-0.25, -0.2) is 9.78 Å². The molecule has 2 aromatic rings. The summed E-state index contributed by atoms with van der Waals surface area (Å²) in [6, 6.07) is 6.58. The van der Waals surface area contributed by atoms with Crippen molar-refractivity contribution >= 4 is 34.6 Å². The number of carbonyl (C=O) groups excluding carboxylic acids is 2. The van der Waals surface area contributed by atoms with Crippen molar-refractivity contribution in [2.45, 2.75) is 44.9 Å². The highest BCUT2D eigenvalue weighted by molar-refractivity contribution is 7.99. The van der Waals surface area contributed by atoms with Gasteiger partial charge in [0.05, 0.1) is 16.7 Å². The molecule has 7 nitrogen and oxygen atoms in total. The predicted molar refractivity (Wildman–Crippen MR) is 98.8 cm³/mol. The Morgan fingerprint density at radius 1 is 1.28 bits per heavy atom. The molecule has 0 saturated carbocycles. The molecule has 0 fully saturated rings. The molecule has 25 heavy (non-hydrogen) atoms. The Morgan fingerprint density at radius 3 is 2.68 bits per heavy atom. The fourth-order valence-electron chi connectivity index (χ4n) is 2.19. The average Bonchev–Trinajstić information content (AvgIpc) is 2.59. The molecule has 0 saturated heterocycles. The molecule has 8 heteroatoms. The lowest BCUT2D eigenvalue weighted by molar-refractivity contribution is -0.117. The SMILES string of the molecule is CC[C@H](C)NC(=O)NC(=O)CSc1nc2ccccc2c(=O)n1CC. The molecule has 3 amide bonds. The van der Waals surface area contributed by atoms with E-state index in [0.29, 0.717) is 22.6 Å². The normalized spacial score (nSPS) is 12.0. The Morgan fingerprint density at radius 2 is 2.00 bits per heavy atom. The van der Waals surface area contributed by atoms with Gasteiger partial charge in [0, 0.05) is 12.6 Å². The fourth-order valence-corrected chi connectivity index (χ4v) is 3.05. The van der Waals surface area contributed by atoms with Gasteiger partial charge in [-0.1, -0.05) is 30.8 Å². The first-order valence-electron chi connectivity index (χ1n) is 8.19. The summed E-state index contributed by atoms with van der Waals surface area (Å²) in [5.41, 5.74) is 0.458. The molecule has 134 valence electrons. The van der Waals surface area contributed by atoms with Crippen molar-refractivity contribution in [1.82, 2.24) is 20.2 Å². The number of hydrogen-bond acceptors (Lipinski definition) is 5. The van der Waals surface area contributed by atoms with Crippen LogP contribution in [0.1, 0.15) is 27.2 Å². The zero-order valence-corrected chi connectivity index (χ0v) is 15.4. The number of para-hydroxylation sites is 1. The lowest BCUT2D eigenvalue weighted by Crippen LogP contribution is -2.44. The van der Waals surface area contributed by atoms with Gasteiger partial charge in [-0.2, -0.15) is 0 Å². The van der Waals surface area contributed by atoms with Crippen LogP contribution in [0.4, 0.5) is 4.79 Å². The number of benzene rings is 1. The van der Waals surface area contributed by atoms with Crippen LogP contribution in [0.15, 0.2) is 34.2 Å². The second-order valence-electron chi connectivity index (χ2n) is 5.58. The highest BCUT2D eigenvalue weighted by Crippen LogP contribution is 2.17. The Labute approximate surface area is 150 Å². The van der Waals surface area contributed by atoms with Crippen molar-refractivity contribution in [3.05, 3.63) is 34.6 Å². The van der Waals surface area contributed by atoms with Crippen LogP contribution in [0, 0.1) is 0 Å². The predicted octanol–water partition coefficient (Wildman–Crippen LogP) is 2.13. The molecule has 1 heterocycles. The van der Waals surface area contributed by atoms with Gasteiger partial charge in [0.15, 0.2) is 5.16 Å². The minimum absolute atomic E-state index is 0.00128. The summed E-state index contributed by atoms with van der Waals surface area (Å²) in [5.74, 6) is -0.436. The summed E-state index contributed by atoms with van der Waals surface area (Å²) in [6.45, 7) is 6.10. The smallest absolute Gasteiger partial charge is 0.321 e. The van der Waals surface area contributed by atoms with Crippen molar-refractivity contribution < 1.29 is 9.59 Å². The van der Waals surface area contributed by atoms with E-state index >= 15 is 0 Å². The van der Waals surface area contributed by atoms with Crippen LogP contribution >= 0.6 is 11.8 Å². The number of carbonyl (C=O) groups is 2. The maximum atomic E-state index is 12.5. The van der Waals surface area contributed by atoms with Crippen LogP contribution in [0.3, 0.4) is 0 Å². The molecule has 1 atom stereocenters. The van der Waals surface area contributed by atoms with Crippen molar-refractivity contribution in [1.29, 1.82) is 0 Å². The zero-order chi connectivity index (χ0) is 18.4. The summed E-state index contributed by atoms with van der Waals surface area (Å²) in [6.07, 6.45) is 0.778. The van der Waals surface area contributed by atoms with Crippen molar-refractivity contribution in [3.63, 3.8) is 0 Å². The van der Waals surface area contributed by atoms with Gasteiger partial charge in [0.1, 0.15) is 0 Å². The number of imide groups is 1. The Hall–Kier alpha value is -2.35. The molecule has 0 radical (unpaired) electrons. The first-order valence-corrected chi connectivity index (χ1v) is 9.17. The van der Waals surface area contributed by atoms with E-state index < -0.39 is 11.9 Å². The number of aromatic nitrogens is 2. The van der Waals surface area contributed by atoms with Gasteiger partial charge < -0.3 is 5.32 Å². The van der Waals surface area contributed by atoms with E-state index in [1.807, 2.05) is 26.8 Å². The van der Waals surface area contributed by atoms with E-state index in [1.165, 1.54) is 4.57 Å². The van der Waals surface area contributed by atoms with Crippen LogP contribution in [0.2, 0.25) is 0 Å². The monoisotopic (exact) mass is 362 g/mol. The molecule has 0 spiro atoms. The van der Waals surface area contributed by atoms with E-state index in [-0.39, 0.29) is 17.4 Å². The molecule has 0 bridgehead atoms. The van der Waals surface area contributed by atoms with Gasteiger partial charge in [-0.05, 0) is 32.4 Å². The summed E-state index contributed by atoms with van der Waals surface area (Å²) in [5, 5.41) is 5.95. The molecule has 0 aliphatic heterocycles. The van der Waals surface area contributed by atoms with Gasteiger partial charge >= 0.3 is 6.03 Å². The number of hydrogen-bond donors (Lipinski definition) is 2. The van der Waals surface area contributed by atoms with Crippen LogP contribution in [0.25, 0.3) is 10.9 Å². The largest absolute Gasteiger partial charge is 0.335 e. The van der Waals surface area contributed by atoms with Crippen LogP contribution in [-0.4, -0.2) is 33.3 Å². The Bertz CT molecular complexity index is 834. The topological polar surface area (TPSA) is 93.1 Å². The third-order valence-electron chi connectivity index (χ3n) is 3.72. The van der Waals surface area contributed by atoms with Crippen LogP contribution < -0.4 is 16.2 Å².